The normalized spacial score (nSPS) is 10.5. The van der Waals surface area contributed by atoms with Crippen LogP contribution in [0.25, 0.3) is 5.69 Å². The number of aromatic nitrogens is 3. The molecule has 0 aliphatic rings. The first-order chi connectivity index (χ1) is 15.1. The van der Waals surface area contributed by atoms with Crippen molar-refractivity contribution in [3.8, 4) is 11.8 Å². The summed E-state index contributed by atoms with van der Waals surface area (Å²) in [4.78, 5) is 25.1. The molecule has 1 amide bonds. The highest BCUT2D eigenvalue weighted by Gasteiger charge is 2.15. The largest absolute Gasteiger partial charge is 0.353 e. The first kappa shape index (κ1) is 19.8. The van der Waals surface area contributed by atoms with E-state index in [1.54, 1.807) is 60.7 Å². The molecule has 4 aromatic rings. The molecule has 0 atom stereocenters. The summed E-state index contributed by atoms with van der Waals surface area (Å²) in [5, 5.41) is 15.6. The zero-order valence-corrected chi connectivity index (χ0v) is 16.2. The number of nitrogens with one attached hydrogen (secondary N) is 1. The predicted octanol–water partition coefficient (Wildman–Crippen LogP) is 3.35. The van der Waals surface area contributed by atoms with E-state index in [1.165, 1.54) is 0 Å². The highest BCUT2D eigenvalue weighted by atomic mass is 19.1. The molecule has 4 rings (SSSR count). The molecule has 0 aliphatic heterocycles. The molecule has 0 saturated heterocycles. The molecular weight excluding hydrogens is 397 g/mol. The van der Waals surface area contributed by atoms with Crippen molar-refractivity contribution >= 4 is 11.6 Å². The number of halogens is 1. The number of hydrogen-bond acceptors (Lipinski definition) is 4. The Hall–Kier alpha value is -4.51. The minimum absolute atomic E-state index is 0.0674. The number of benzene rings is 3. The van der Waals surface area contributed by atoms with Gasteiger partial charge in [-0.25, -0.2) is 9.36 Å². The molecule has 1 aromatic heterocycles. The molecule has 0 radical (unpaired) electrons. The van der Waals surface area contributed by atoms with Gasteiger partial charge in [-0.05, 0) is 42.0 Å². The Morgan fingerprint density at radius 2 is 1.68 bits per heavy atom. The highest BCUT2D eigenvalue weighted by Crippen LogP contribution is 2.15. The summed E-state index contributed by atoms with van der Waals surface area (Å²) in [6.07, 6.45) is -0.889. The Morgan fingerprint density at radius 1 is 1.00 bits per heavy atom. The standard InChI is InChI=1S/C23H16FN5O2/c24-22-27-29(23(31)28(22)15-16-6-2-1-3-7-16)19-12-10-18(11-13-19)26-21(30)20-9-5-4-8-17(20)14-25/h1-13H,15H2,(H,26,30). The van der Waals surface area contributed by atoms with Crippen LogP contribution < -0.4 is 11.0 Å². The van der Waals surface area contributed by atoms with E-state index in [0.717, 1.165) is 14.8 Å². The van der Waals surface area contributed by atoms with Crippen molar-refractivity contribution in [1.29, 1.82) is 5.26 Å². The lowest BCUT2D eigenvalue weighted by Crippen LogP contribution is -2.24. The number of nitrogens with zero attached hydrogens (tertiary/aromatic N) is 4. The fourth-order valence-electron chi connectivity index (χ4n) is 3.10. The molecule has 0 fully saturated rings. The average Bonchev–Trinajstić information content (AvgIpc) is 3.08. The Kier molecular flexibility index (Phi) is 5.41. The Labute approximate surface area is 176 Å². The zero-order valence-electron chi connectivity index (χ0n) is 16.2. The maximum absolute atomic E-state index is 14.3. The topological polar surface area (TPSA) is 92.7 Å². The van der Waals surface area contributed by atoms with E-state index in [2.05, 4.69) is 10.4 Å². The summed E-state index contributed by atoms with van der Waals surface area (Å²) in [7, 11) is 0. The van der Waals surface area contributed by atoms with Crippen LogP contribution in [0.4, 0.5) is 10.1 Å². The first-order valence-corrected chi connectivity index (χ1v) is 9.37. The molecule has 1 heterocycles. The summed E-state index contributed by atoms with van der Waals surface area (Å²) in [6.45, 7) is 0.0674. The van der Waals surface area contributed by atoms with Crippen molar-refractivity contribution in [3.63, 3.8) is 0 Å². The van der Waals surface area contributed by atoms with Crippen LogP contribution in [0.15, 0.2) is 83.7 Å². The molecule has 0 bridgehead atoms. The van der Waals surface area contributed by atoms with Crippen molar-refractivity contribution < 1.29 is 9.18 Å². The third-order valence-corrected chi connectivity index (χ3v) is 4.66. The van der Waals surface area contributed by atoms with E-state index in [1.807, 2.05) is 24.3 Å². The molecular formula is C23H16FN5O2. The molecule has 1 N–H and O–H groups in total. The van der Waals surface area contributed by atoms with E-state index < -0.39 is 17.7 Å². The number of nitriles is 1. The number of anilines is 1. The highest BCUT2D eigenvalue weighted by molar-refractivity contribution is 6.05. The van der Waals surface area contributed by atoms with Crippen LogP contribution in [-0.2, 0) is 6.54 Å². The van der Waals surface area contributed by atoms with Crippen LogP contribution >= 0.6 is 0 Å². The van der Waals surface area contributed by atoms with E-state index in [9.17, 15) is 14.0 Å². The van der Waals surface area contributed by atoms with Crippen LogP contribution in [0.2, 0.25) is 0 Å². The van der Waals surface area contributed by atoms with Gasteiger partial charge in [-0.1, -0.05) is 42.5 Å². The molecule has 0 unspecified atom stereocenters. The van der Waals surface area contributed by atoms with Crippen molar-refractivity contribution in [2.45, 2.75) is 6.54 Å². The van der Waals surface area contributed by atoms with Crippen molar-refractivity contribution in [3.05, 3.63) is 112 Å². The molecule has 0 saturated carbocycles. The lowest BCUT2D eigenvalue weighted by Gasteiger charge is -2.07. The van der Waals surface area contributed by atoms with Gasteiger partial charge >= 0.3 is 11.8 Å². The Balaban J connectivity index is 1.55. The molecule has 0 aliphatic carbocycles. The molecule has 31 heavy (non-hydrogen) atoms. The summed E-state index contributed by atoms with van der Waals surface area (Å²) in [5.41, 5.74) is 1.50. The maximum Gasteiger partial charge on any atom is 0.353 e. The minimum Gasteiger partial charge on any atom is -0.322 e. The van der Waals surface area contributed by atoms with Gasteiger partial charge in [0.25, 0.3) is 5.91 Å². The van der Waals surface area contributed by atoms with Crippen LogP contribution in [0.1, 0.15) is 21.5 Å². The smallest absolute Gasteiger partial charge is 0.322 e. The zero-order chi connectivity index (χ0) is 21.8. The monoisotopic (exact) mass is 413 g/mol. The Morgan fingerprint density at radius 3 is 2.39 bits per heavy atom. The van der Waals surface area contributed by atoms with E-state index in [0.29, 0.717) is 11.4 Å². The number of amides is 1. The molecule has 3 aromatic carbocycles. The van der Waals surface area contributed by atoms with Gasteiger partial charge in [-0.2, -0.15) is 14.3 Å². The molecule has 7 nitrogen and oxygen atoms in total. The lowest BCUT2D eigenvalue weighted by molar-refractivity contribution is 0.102. The minimum atomic E-state index is -0.889. The number of hydrogen-bond donors (Lipinski definition) is 1. The molecule has 0 spiro atoms. The van der Waals surface area contributed by atoms with E-state index in [4.69, 9.17) is 5.26 Å². The molecule has 8 heteroatoms. The number of carbonyl (C=O) groups is 1. The maximum atomic E-state index is 14.3. The lowest BCUT2D eigenvalue weighted by atomic mass is 10.1. The SMILES string of the molecule is N#Cc1ccccc1C(=O)Nc1ccc(-n2nc(F)n(Cc3ccccc3)c2=O)cc1. The van der Waals surface area contributed by atoms with Crippen LogP contribution in [-0.4, -0.2) is 20.3 Å². The first-order valence-electron chi connectivity index (χ1n) is 9.37. The van der Waals surface area contributed by atoms with Gasteiger partial charge in [0.2, 0.25) is 0 Å². The third kappa shape index (κ3) is 4.11. The quantitative estimate of drug-likeness (QED) is 0.543. The molecule has 152 valence electrons. The average molecular weight is 413 g/mol. The van der Waals surface area contributed by atoms with Crippen LogP contribution in [0.5, 0.6) is 0 Å². The van der Waals surface area contributed by atoms with Gasteiger partial charge in [0.1, 0.15) is 0 Å². The Bertz CT molecular complexity index is 1340. The van der Waals surface area contributed by atoms with E-state index >= 15 is 0 Å². The summed E-state index contributed by atoms with van der Waals surface area (Å²) in [6, 6.07) is 23.7. The third-order valence-electron chi connectivity index (χ3n) is 4.66. The van der Waals surface area contributed by atoms with Gasteiger partial charge in [0, 0.05) is 5.69 Å². The van der Waals surface area contributed by atoms with Crippen molar-refractivity contribution in [1.82, 2.24) is 14.3 Å². The second kappa shape index (κ2) is 8.47. The second-order valence-corrected chi connectivity index (χ2v) is 6.69. The summed E-state index contributed by atoms with van der Waals surface area (Å²) >= 11 is 0. The summed E-state index contributed by atoms with van der Waals surface area (Å²) < 4.78 is 16.2. The van der Waals surface area contributed by atoms with E-state index in [-0.39, 0.29) is 17.7 Å². The second-order valence-electron chi connectivity index (χ2n) is 6.69. The van der Waals surface area contributed by atoms with Gasteiger partial charge < -0.3 is 5.32 Å². The predicted molar refractivity (Wildman–Crippen MR) is 112 cm³/mol. The summed E-state index contributed by atoms with van der Waals surface area (Å²) in [5.74, 6) is -0.430. The van der Waals surface area contributed by atoms with Crippen molar-refractivity contribution in [2.24, 2.45) is 0 Å². The fourth-order valence-corrected chi connectivity index (χ4v) is 3.10. The van der Waals surface area contributed by atoms with Crippen LogP contribution in [0, 0.1) is 17.4 Å². The fraction of sp³-hybridized carbons (Fsp3) is 0.0435. The van der Waals surface area contributed by atoms with Crippen LogP contribution in [0.3, 0.4) is 0 Å². The van der Waals surface area contributed by atoms with Crippen molar-refractivity contribution in [2.75, 3.05) is 5.32 Å². The number of carbonyl (C=O) groups excluding carboxylic acids is 1. The van der Waals surface area contributed by atoms with Gasteiger partial charge in [0.05, 0.1) is 29.4 Å². The van der Waals surface area contributed by atoms with Gasteiger partial charge in [-0.15, -0.1) is 5.10 Å². The number of rotatable bonds is 5. The van der Waals surface area contributed by atoms with Gasteiger partial charge in [-0.3, -0.25) is 4.79 Å². The van der Waals surface area contributed by atoms with Gasteiger partial charge in [0.15, 0.2) is 0 Å².